The van der Waals surface area contributed by atoms with E-state index in [9.17, 15) is 14.7 Å². The Kier molecular flexibility index (Phi) is 4.79. The van der Waals surface area contributed by atoms with Gasteiger partial charge in [0.2, 0.25) is 5.91 Å². The normalized spacial score (nSPS) is 22.1. The summed E-state index contributed by atoms with van der Waals surface area (Å²) in [5, 5.41) is 10.3. The largest absolute Gasteiger partial charge is 0.481 e. The summed E-state index contributed by atoms with van der Waals surface area (Å²) in [5.74, 6) is -1.64. The van der Waals surface area contributed by atoms with Gasteiger partial charge in [-0.05, 0) is 29.7 Å². The molecule has 0 spiro atoms. The minimum absolute atomic E-state index is 0.0108. The number of carbonyl (C=O) groups is 2. The maximum absolute atomic E-state index is 12.2. The lowest BCUT2D eigenvalue weighted by Crippen LogP contribution is -2.33. The number of carboxylic acid groups (broad SMARTS) is 1. The van der Waals surface area contributed by atoms with Crippen molar-refractivity contribution in [2.45, 2.75) is 26.3 Å². The fourth-order valence-corrected chi connectivity index (χ4v) is 3.32. The molecule has 1 fully saturated rings. The van der Waals surface area contributed by atoms with Gasteiger partial charge in [0, 0.05) is 23.0 Å². The first-order valence-corrected chi connectivity index (χ1v) is 7.53. The Bertz CT molecular complexity index is 554. The summed E-state index contributed by atoms with van der Waals surface area (Å²) in [6.07, 6.45) is 0.0108. The van der Waals surface area contributed by atoms with Crippen LogP contribution in [0, 0.1) is 11.8 Å². The van der Waals surface area contributed by atoms with Crippen LogP contribution in [0.2, 0.25) is 10.0 Å². The minimum Gasteiger partial charge on any atom is -0.481 e. The molecule has 0 aromatic heterocycles. The molecule has 1 amide bonds. The quantitative estimate of drug-likeness (QED) is 0.917. The third-order valence-electron chi connectivity index (χ3n) is 3.54. The van der Waals surface area contributed by atoms with Crippen molar-refractivity contribution in [3.63, 3.8) is 0 Å². The van der Waals surface area contributed by atoms with Gasteiger partial charge in [0.05, 0.1) is 12.0 Å². The highest BCUT2D eigenvalue weighted by molar-refractivity contribution is 6.34. The van der Waals surface area contributed by atoms with Gasteiger partial charge in [0.1, 0.15) is 0 Å². The number of halogens is 2. The summed E-state index contributed by atoms with van der Waals surface area (Å²) in [6, 6.07) is 4.43. The first-order chi connectivity index (χ1) is 9.79. The Morgan fingerprint density at radius 1 is 1.33 bits per heavy atom. The molecule has 1 N–H and O–H groups in total. The van der Waals surface area contributed by atoms with Gasteiger partial charge in [-0.25, -0.2) is 0 Å². The van der Waals surface area contributed by atoms with Gasteiger partial charge in [-0.2, -0.15) is 0 Å². The number of benzene rings is 1. The topological polar surface area (TPSA) is 57.6 Å². The lowest BCUT2D eigenvalue weighted by molar-refractivity contribution is -0.142. The number of amides is 1. The molecule has 2 rings (SSSR count). The number of nitrogens with zero attached hydrogens (tertiary/aromatic N) is 1. The van der Waals surface area contributed by atoms with Crippen molar-refractivity contribution in [1.82, 2.24) is 4.90 Å². The zero-order chi connectivity index (χ0) is 15.7. The van der Waals surface area contributed by atoms with E-state index in [0.717, 1.165) is 0 Å². The van der Waals surface area contributed by atoms with Gasteiger partial charge < -0.3 is 10.0 Å². The van der Waals surface area contributed by atoms with E-state index in [-0.39, 0.29) is 18.2 Å². The maximum Gasteiger partial charge on any atom is 0.309 e. The van der Waals surface area contributed by atoms with Gasteiger partial charge in [0.25, 0.3) is 0 Å². The molecule has 1 heterocycles. The van der Waals surface area contributed by atoms with Gasteiger partial charge in [-0.15, -0.1) is 0 Å². The van der Waals surface area contributed by atoms with Crippen molar-refractivity contribution in [3.05, 3.63) is 33.8 Å². The van der Waals surface area contributed by atoms with E-state index in [2.05, 4.69) is 0 Å². The molecule has 0 radical (unpaired) electrons. The van der Waals surface area contributed by atoms with Crippen molar-refractivity contribution in [2.24, 2.45) is 11.8 Å². The summed E-state index contributed by atoms with van der Waals surface area (Å²) in [6.45, 7) is 4.49. The summed E-state index contributed by atoms with van der Waals surface area (Å²) < 4.78 is 0. The summed E-state index contributed by atoms with van der Waals surface area (Å²) in [7, 11) is 0. The average molecular weight is 330 g/mol. The first-order valence-electron chi connectivity index (χ1n) is 6.78. The molecule has 0 bridgehead atoms. The predicted octanol–water partition coefficient (Wildman–Crippen LogP) is 3.62. The van der Waals surface area contributed by atoms with Crippen molar-refractivity contribution in [1.29, 1.82) is 0 Å². The third-order valence-corrected chi connectivity index (χ3v) is 3.97. The molecule has 1 aromatic rings. The lowest BCUT2D eigenvalue weighted by atomic mass is 9.93. The minimum atomic E-state index is -0.976. The maximum atomic E-state index is 12.2. The second-order valence-corrected chi connectivity index (χ2v) is 6.61. The van der Waals surface area contributed by atoms with Crippen LogP contribution in [-0.2, 0) is 9.59 Å². The highest BCUT2D eigenvalue weighted by Gasteiger charge is 2.44. The Hall–Kier alpha value is -1.26. The van der Waals surface area contributed by atoms with Crippen molar-refractivity contribution in [3.8, 4) is 0 Å². The van der Waals surface area contributed by atoms with Crippen molar-refractivity contribution in [2.75, 3.05) is 6.54 Å². The number of likely N-dealkylation sites (tertiary alicyclic amines) is 1. The van der Waals surface area contributed by atoms with E-state index in [1.54, 1.807) is 23.1 Å². The van der Waals surface area contributed by atoms with Crippen LogP contribution in [0.5, 0.6) is 0 Å². The number of aliphatic carboxylic acids is 1. The highest BCUT2D eigenvalue weighted by atomic mass is 35.5. The Morgan fingerprint density at radius 3 is 2.38 bits per heavy atom. The van der Waals surface area contributed by atoms with Crippen LogP contribution in [0.4, 0.5) is 0 Å². The van der Waals surface area contributed by atoms with Crippen LogP contribution in [0.15, 0.2) is 18.2 Å². The van der Waals surface area contributed by atoms with Crippen LogP contribution in [0.1, 0.15) is 31.9 Å². The molecule has 2 atom stereocenters. The number of rotatable bonds is 4. The Labute approximate surface area is 133 Å². The number of carboxylic acids is 1. The van der Waals surface area contributed by atoms with Crippen LogP contribution >= 0.6 is 23.2 Å². The smallest absolute Gasteiger partial charge is 0.309 e. The third kappa shape index (κ3) is 3.50. The molecule has 4 nitrogen and oxygen atoms in total. The van der Waals surface area contributed by atoms with Crippen LogP contribution in [-0.4, -0.2) is 28.4 Å². The zero-order valence-corrected chi connectivity index (χ0v) is 13.4. The first kappa shape index (κ1) is 16.1. The van der Waals surface area contributed by atoms with E-state index in [4.69, 9.17) is 23.2 Å². The molecule has 2 unspecified atom stereocenters. The fraction of sp³-hybridized carbons (Fsp3) is 0.467. The van der Waals surface area contributed by atoms with E-state index in [1.807, 2.05) is 13.8 Å². The molecular weight excluding hydrogens is 313 g/mol. The van der Waals surface area contributed by atoms with Crippen LogP contribution in [0.3, 0.4) is 0 Å². The molecule has 21 heavy (non-hydrogen) atoms. The molecule has 0 aliphatic carbocycles. The average Bonchev–Trinajstić information content (AvgIpc) is 2.65. The van der Waals surface area contributed by atoms with Crippen LogP contribution < -0.4 is 0 Å². The zero-order valence-electron chi connectivity index (χ0n) is 11.8. The molecule has 1 aliphatic rings. The highest BCUT2D eigenvalue weighted by Crippen LogP contribution is 2.40. The van der Waals surface area contributed by atoms with E-state index in [0.29, 0.717) is 22.2 Å². The molecule has 1 saturated heterocycles. The molecule has 1 aliphatic heterocycles. The molecule has 6 heteroatoms. The predicted molar refractivity (Wildman–Crippen MR) is 81.5 cm³/mol. The second-order valence-electron chi connectivity index (χ2n) is 5.74. The summed E-state index contributed by atoms with van der Waals surface area (Å²) in [4.78, 5) is 25.3. The number of hydrogen-bond donors (Lipinski definition) is 1. The molecule has 1 aromatic carbocycles. The lowest BCUT2D eigenvalue weighted by Gasteiger charge is -2.29. The molecular formula is C15H17Cl2NO3. The monoisotopic (exact) mass is 329 g/mol. The van der Waals surface area contributed by atoms with Crippen molar-refractivity contribution >= 4 is 35.1 Å². The van der Waals surface area contributed by atoms with Gasteiger partial charge in [-0.1, -0.05) is 37.0 Å². The standard InChI is InChI=1S/C15H17Cl2NO3/c1-8(2)7-18-13(19)6-12(15(20)21)14(18)9-3-10(16)5-11(17)4-9/h3-5,8,12,14H,6-7H2,1-2H3,(H,20,21). The van der Waals surface area contributed by atoms with Crippen LogP contribution in [0.25, 0.3) is 0 Å². The van der Waals surface area contributed by atoms with Gasteiger partial charge >= 0.3 is 5.97 Å². The Balaban J connectivity index is 2.45. The second kappa shape index (κ2) is 6.24. The molecule has 114 valence electrons. The van der Waals surface area contributed by atoms with Crippen molar-refractivity contribution < 1.29 is 14.7 Å². The van der Waals surface area contributed by atoms with E-state index >= 15 is 0 Å². The van der Waals surface area contributed by atoms with E-state index < -0.39 is 17.9 Å². The Morgan fingerprint density at radius 2 is 1.90 bits per heavy atom. The number of carbonyl (C=O) groups excluding carboxylic acids is 1. The van der Waals surface area contributed by atoms with E-state index in [1.165, 1.54) is 0 Å². The van der Waals surface area contributed by atoms with Gasteiger partial charge in [0.15, 0.2) is 0 Å². The number of hydrogen-bond acceptors (Lipinski definition) is 2. The molecule has 0 saturated carbocycles. The summed E-state index contributed by atoms with van der Waals surface area (Å²) in [5.41, 5.74) is 0.673. The summed E-state index contributed by atoms with van der Waals surface area (Å²) >= 11 is 12.0. The SMILES string of the molecule is CC(C)CN1C(=O)CC(C(=O)O)C1c1cc(Cl)cc(Cl)c1. The fourth-order valence-electron chi connectivity index (χ4n) is 2.78. The van der Waals surface area contributed by atoms with Gasteiger partial charge in [-0.3, -0.25) is 9.59 Å².